The van der Waals surface area contributed by atoms with Gasteiger partial charge in [0.2, 0.25) is 0 Å². The second kappa shape index (κ2) is 11.5. The molecule has 1 aliphatic rings. The minimum Gasteiger partial charge on any atom is -0.493 e. The highest BCUT2D eigenvalue weighted by Gasteiger charge is 2.13. The van der Waals surface area contributed by atoms with E-state index in [4.69, 9.17) is 9.47 Å². The first-order valence-electron chi connectivity index (χ1n) is 11.8. The summed E-state index contributed by atoms with van der Waals surface area (Å²) in [5, 5.41) is 11.7. The Morgan fingerprint density at radius 1 is 0.914 bits per heavy atom. The summed E-state index contributed by atoms with van der Waals surface area (Å²) in [6.07, 6.45) is 4.95. The molecule has 182 valence electrons. The van der Waals surface area contributed by atoms with E-state index in [1.165, 1.54) is 39.7 Å². The number of carbonyl (C=O) groups excluding carboxylic acids is 2. The van der Waals surface area contributed by atoms with Gasteiger partial charge in [0.25, 0.3) is 5.91 Å². The number of hydrogen-bond donors (Lipinski definition) is 1. The van der Waals surface area contributed by atoms with Crippen molar-refractivity contribution in [2.75, 3.05) is 37.0 Å². The number of amides is 1. The van der Waals surface area contributed by atoms with Crippen LogP contribution in [-0.2, 0) is 4.79 Å². The monoisotopic (exact) mass is 474 g/mol. The van der Waals surface area contributed by atoms with Crippen molar-refractivity contribution in [2.24, 2.45) is 0 Å². The number of benzene rings is 2. The van der Waals surface area contributed by atoms with Crippen molar-refractivity contribution in [1.29, 1.82) is 0 Å². The van der Waals surface area contributed by atoms with Crippen molar-refractivity contribution >= 4 is 23.2 Å². The topological polar surface area (TPSA) is 93.6 Å². The van der Waals surface area contributed by atoms with Gasteiger partial charge in [-0.25, -0.2) is 0 Å². The summed E-state index contributed by atoms with van der Waals surface area (Å²) in [6, 6.07) is 16.3. The molecular formula is C27H30N4O4. The molecule has 2 heterocycles. The molecule has 8 heteroatoms. The van der Waals surface area contributed by atoms with Gasteiger partial charge in [0.05, 0.1) is 12.8 Å². The third-order valence-corrected chi connectivity index (χ3v) is 5.97. The van der Waals surface area contributed by atoms with E-state index < -0.39 is 0 Å². The van der Waals surface area contributed by atoms with Crippen LogP contribution in [0.15, 0.2) is 54.6 Å². The van der Waals surface area contributed by atoms with E-state index in [0.717, 1.165) is 30.2 Å². The predicted molar refractivity (Wildman–Crippen MR) is 135 cm³/mol. The van der Waals surface area contributed by atoms with E-state index in [2.05, 4.69) is 20.4 Å². The molecule has 0 atom stereocenters. The predicted octanol–water partition coefficient (Wildman–Crippen LogP) is 4.75. The second-order valence-corrected chi connectivity index (χ2v) is 8.51. The Morgan fingerprint density at radius 3 is 2.29 bits per heavy atom. The summed E-state index contributed by atoms with van der Waals surface area (Å²) in [5.41, 5.74) is 2.87. The van der Waals surface area contributed by atoms with Gasteiger partial charge >= 0.3 is 0 Å². The summed E-state index contributed by atoms with van der Waals surface area (Å²) < 4.78 is 10.9. The molecule has 1 N–H and O–H groups in total. The van der Waals surface area contributed by atoms with Crippen LogP contribution >= 0.6 is 0 Å². The average molecular weight is 475 g/mol. The first-order chi connectivity index (χ1) is 17.0. The maximum Gasteiger partial charge on any atom is 0.262 e. The van der Waals surface area contributed by atoms with Crippen LogP contribution in [0, 0.1) is 0 Å². The smallest absolute Gasteiger partial charge is 0.262 e. The van der Waals surface area contributed by atoms with Crippen molar-refractivity contribution in [1.82, 2.24) is 10.2 Å². The van der Waals surface area contributed by atoms with Gasteiger partial charge in [-0.1, -0.05) is 25.0 Å². The molecule has 1 fully saturated rings. The number of hydrogen-bond acceptors (Lipinski definition) is 7. The Bertz CT molecular complexity index is 1150. The fraction of sp³-hybridized carbons (Fsp3) is 0.333. The van der Waals surface area contributed by atoms with E-state index in [1.54, 1.807) is 18.2 Å². The van der Waals surface area contributed by atoms with Crippen LogP contribution in [0.4, 0.5) is 11.5 Å². The third-order valence-electron chi connectivity index (χ3n) is 5.97. The molecule has 0 bridgehead atoms. The Balaban J connectivity index is 1.33. The van der Waals surface area contributed by atoms with E-state index in [0.29, 0.717) is 22.7 Å². The highest BCUT2D eigenvalue weighted by atomic mass is 16.5. The first-order valence-corrected chi connectivity index (χ1v) is 11.8. The molecule has 0 saturated carbocycles. The number of rotatable bonds is 8. The van der Waals surface area contributed by atoms with Gasteiger partial charge in [0.1, 0.15) is 0 Å². The van der Waals surface area contributed by atoms with Crippen molar-refractivity contribution in [3.63, 3.8) is 0 Å². The molecule has 3 aromatic rings. The summed E-state index contributed by atoms with van der Waals surface area (Å²) in [7, 11) is 1.49. The zero-order chi connectivity index (χ0) is 24.6. The van der Waals surface area contributed by atoms with Crippen molar-refractivity contribution in [2.45, 2.75) is 32.6 Å². The van der Waals surface area contributed by atoms with Gasteiger partial charge in [-0.2, -0.15) is 0 Å². The maximum atomic E-state index is 12.4. The summed E-state index contributed by atoms with van der Waals surface area (Å²) in [5.74, 6) is 1.34. The Kier molecular flexibility index (Phi) is 7.92. The van der Waals surface area contributed by atoms with Crippen LogP contribution in [0.3, 0.4) is 0 Å². The normalized spacial score (nSPS) is 13.6. The number of Topliss-reactive ketones (excluding diaryl/α,β-unsaturated/α-hetero) is 1. The Labute approximate surface area is 205 Å². The van der Waals surface area contributed by atoms with E-state index in [-0.39, 0.29) is 18.3 Å². The van der Waals surface area contributed by atoms with Crippen LogP contribution in [0.5, 0.6) is 11.5 Å². The molecule has 1 aromatic heterocycles. The zero-order valence-electron chi connectivity index (χ0n) is 20.1. The third kappa shape index (κ3) is 6.35. The minimum absolute atomic E-state index is 0.0737. The highest BCUT2D eigenvalue weighted by Crippen LogP contribution is 2.28. The fourth-order valence-electron chi connectivity index (χ4n) is 4.02. The standard InChI is InChI=1S/C27H30N4O4/c1-19(32)21-9-13-24(25(17-21)34-2)35-18-27(33)28-22-10-7-20(8-11-22)23-12-14-26(30-29-23)31-15-5-3-4-6-16-31/h7-14,17H,3-6,15-16,18H2,1-2H3,(H,28,33). The van der Waals surface area contributed by atoms with Crippen LogP contribution in [-0.4, -0.2) is 48.7 Å². The van der Waals surface area contributed by atoms with Crippen molar-refractivity contribution in [3.05, 3.63) is 60.2 Å². The van der Waals surface area contributed by atoms with Gasteiger partial charge in [-0.15, -0.1) is 10.2 Å². The molecule has 1 amide bonds. The number of methoxy groups -OCH3 is 1. The van der Waals surface area contributed by atoms with Gasteiger partial charge in [0.15, 0.2) is 29.7 Å². The lowest BCUT2D eigenvalue weighted by atomic mass is 10.1. The molecule has 8 nitrogen and oxygen atoms in total. The average Bonchev–Trinajstić information content (AvgIpc) is 3.17. The lowest BCUT2D eigenvalue weighted by Crippen LogP contribution is -2.25. The molecule has 0 radical (unpaired) electrons. The van der Waals surface area contributed by atoms with Crippen LogP contribution in [0.1, 0.15) is 43.0 Å². The van der Waals surface area contributed by atoms with Crippen molar-refractivity contribution < 1.29 is 19.1 Å². The molecular weight excluding hydrogens is 444 g/mol. The highest BCUT2D eigenvalue weighted by molar-refractivity contribution is 5.95. The lowest BCUT2D eigenvalue weighted by molar-refractivity contribution is -0.118. The fourth-order valence-corrected chi connectivity index (χ4v) is 4.02. The lowest BCUT2D eigenvalue weighted by Gasteiger charge is -2.20. The number of aromatic nitrogens is 2. The maximum absolute atomic E-state index is 12.4. The first kappa shape index (κ1) is 24.2. The van der Waals surface area contributed by atoms with Crippen LogP contribution < -0.4 is 19.7 Å². The molecule has 0 aliphatic carbocycles. The van der Waals surface area contributed by atoms with E-state index in [1.807, 2.05) is 36.4 Å². The van der Waals surface area contributed by atoms with E-state index in [9.17, 15) is 9.59 Å². The van der Waals surface area contributed by atoms with Gasteiger partial charge in [0, 0.05) is 29.9 Å². The van der Waals surface area contributed by atoms with Crippen molar-refractivity contribution in [3.8, 4) is 22.8 Å². The molecule has 2 aromatic carbocycles. The number of ether oxygens (including phenoxy) is 2. The van der Waals surface area contributed by atoms with Crippen LogP contribution in [0.25, 0.3) is 11.3 Å². The number of anilines is 2. The number of ketones is 1. The molecule has 1 saturated heterocycles. The summed E-state index contributed by atoms with van der Waals surface area (Å²) in [4.78, 5) is 26.2. The Hall–Kier alpha value is -3.94. The summed E-state index contributed by atoms with van der Waals surface area (Å²) >= 11 is 0. The van der Waals surface area contributed by atoms with Gasteiger partial charge < -0.3 is 19.7 Å². The number of nitrogens with one attached hydrogen (secondary N) is 1. The zero-order valence-corrected chi connectivity index (χ0v) is 20.1. The minimum atomic E-state index is -0.308. The molecule has 4 rings (SSSR count). The number of nitrogens with zero attached hydrogens (tertiary/aromatic N) is 3. The second-order valence-electron chi connectivity index (χ2n) is 8.51. The SMILES string of the molecule is COc1cc(C(C)=O)ccc1OCC(=O)Nc1ccc(-c2ccc(N3CCCCCC3)nn2)cc1. The van der Waals surface area contributed by atoms with Crippen LogP contribution in [0.2, 0.25) is 0 Å². The molecule has 35 heavy (non-hydrogen) atoms. The molecule has 0 spiro atoms. The quantitative estimate of drug-likeness (QED) is 0.471. The van der Waals surface area contributed by atoms with E-state index >= 15 is 0 Å². The van der Waals surface area contributed by atoms with Gasteiger partial charge in [-0.3, -0.25) is 9.59 Å². The van der Waals surface area contributed by atoms with Gasteiger partial charge in [-0.05, 0) is 62.2 Å². The number of carbonyl (C=O) groups is 2. The summed E-state index contributed by atoms with van der Waals surface area (Å²) in [6.45, 7) is 3.35. The Morgan fingerprint density at radius 2 is 1.66 bits per heavy atom. The molecule has 0 unspecified atom stereocenters. The largest absolute Gasteiger partial charge is 0.493 e. The molecule has 1 aliphatic heterocycles.